The van der Waals surface area contributed by atoms with E-state index in [1.807, 2.05) is 30.3 Å². The van der Waals surface area contributed by atoms with Crippen LogP contribution in [0, 0.1) is 0 Å². The van der Waals surface area contributed by atoms with Crippen LogP contribution in [0.3, 0.4) is 0 Å². The predicted octanol–water partition coefficient (Wildman–Crippen LogP) is 1.67. The van der Waals surface area contributed by atoms with Crippen molar-refractivity contribution in [3.8, 4) is 0 Å². The highest BCUT2D eigenvalue weighted by Crippen LogP contribution is 2.14. The number of carbonyl (C=O) groups excluding carboxylic acids is 1. The molecule has 1 unspecified atom stereocenters. The summed E-state index contributed by atoms with van der Waals surface area (Å²) in [5.41, 5.74) is 6.27. The first-order chi connectivity index (χ1) is 12.1. The van der Waals surface area contributed by atoms with Crippen molar-refractivity contribution in [1.82, 2.24) is 9.71 Å². The van der Waals surface area contributed by atoms with Gasteiger partial charge in [-0.3, -0.25) is 4.79 Å². The summed E-state index contributed by atoms with van der Waals surface area (Å²) in [5, 5.41) is 2.60. The SMILES string of the molecule is CC(C)(C)NS(=O)(=O)c1ccc(NC(=O)C(N)Cc2ccccc2)nc1. The molecule has 2 aromatic rings. The number of carbonyl (C=O) groups is 1. The van der Waals surface area contributed by atoms with Gasteiger partial charge in [0.2, 0.25) is 15.9 Å². The molecule has 1 atom stereocenters. The maximum Gasteiger partial charge on any atom is 0.242 e. The zero-order valence-corrected chi connectivity index (χ0v) is 15.9. The summed E-state index contributed by atoms with van der Waals surface area (Å²) in [6, 6.07) is 11.5. The second-order valence-corrected chi connectivity index (χ2v) is 8.70. The summed E-state index contributed by atoms with van der Waals surface area (Å²) in [4.78, 5) is 16.2. The highest BCUT2D eigenvalue weighted by molar-refractivity contribution is 7.89. The number of benzene rings is 1. The largest absolute Gasteiger partial charge is 0.320 e. The fourth-order valence-corrected chi connectivity index (χ4v) is 3.62. The van der Waals surface area contributed by atoms with Crippen molar-refractivity contribution in [2.75, 3.05) is 5.32 Å². The number of rotatable bonds is 6. The Labute approximate surface area is 154 Å². The number of nitrogens with zero attached hydrogens (tertiary/aromatic N) is 1. The van der Waals surface area contributed by atoms with Crippen molar-refractivity contribution < 1.29 is 13.2 Å². The second kappa shape index (κ2) is 7.94. The van der Waals surface area contributed by atoms with Gasteiger partial charge in [-0.15, -0.1) is 0 Å². The molecule has 8 heteroatoms. The van der Waals surface area contributed by atoms with Crippen molar-refractivity contribution in [1.29, 1.82) is 0 Å². The van der Waals surface area contributed by atoms with Crippen LogP contribution < -0.4 is 15.8 Å². The number of anilines is 1. The molecule has 0 saturated heterocycles. The molecule has 1 aromatic heterocycles. The summed E-state index contributed by atoms with van der Waals surface area (Å²) in [6.45, 7) is 5.25. The number of amides is 1. The molecule has 140 valence electrons. The highest BCUT2D eigenvalue weighted by atomic mass is 32.2. The van der Waals surface area contributed by atoms with E-state index >= 15 is 0 Å². The molecule has 1 amide bonds. The quantitative estimate of drug-likeness (QED) is 0.709. The molecule has 1 heterocycles. The highest BCUT2D eigenvalue weighted by Gasteiger charge is 2.22. The summed E-state index contributed by atoms with van der Waals surface area (Å²) in [7, 11) is -3.67. The third kappa shape index (κ3) is 5.91. The van der Waals surface area contributed by atoms with Crippen LogP contribution in [0.2, 0.25) is 0 Å². The Hall–Kier alpha value is -2.29. The molecule has 1 aromatic carbocycles. The number of nitrogens with one attached hydrogen (secondary N) is 2. The summed E-state index contributed by atoms with van der Waals surface area (Å²) in [5.74, 6) is -0.141. The summed E-state index contributed by atoms with van der Waals surface area (Å²) < 4.78 is 27.0. The smallest absolute Gasteiger partial charge is 0.242 e. The van der Waals surface area contributed by atoms with Gasteiger partial charge in [-0.05, 0) is 44.9 Å². The van der Waals surface area contributed by atoms with Gasteiger partial charge < -0.3 is 11.1 Å². The van der Waals surface area contributed by atoms with E-state index in [2.05, 4.69) is 15.0 Å². The van der Waals surface area contributed by atoms with Gasteiger partial charge in [-0.25, -0.2) is 18.1 Å². The van der Waals surface area contributed by atoms with E-state index in [1.54, 1.807) is 20.8 Å². The van der Waals surface area contributed by atoms with Crippen LogP contribution in [0.25, 0.3) is 0 Å². The van der Waals surface area contributed by atoms with Crippen LogP contribution >= 0.6 is 0 Å². The molecule has 0 bridgehead atoms. The Balaban J connectivity index is 2.01. The lowest BCUT2D eigenvalue weighted by Crippen LogP contribution is -2.40. The zero-order chi connectivity index (χ0) is 19.4. The number of pyridine rings is 1. The van der Waals surface area contributed by atoms with Crippen molar-refractivity contribution in [2.45, 2.75) is 43.7 Å². The average Bonchev–Trinajstić information content (AvgIpc) is 2.54. The molecule has 4 N–H and O–H groups in total. The van der Waals surface area contributed by atoms with Crippen LogP contribution in [0.5, 0.6) is 0 Å². The molecule has 0 saturated carbocycles. The number of aromatic nitrogens is 1. The van der Waals surface area contributed by atoms with Crippen molar-refractivity contribution in [2.24, 2.45) is 5.73 Å². The number of sulfonamides is 1. The van der Waals surface area contributed by atoms with Crippen molar-refractivity contribution >= 4 is 21.7 Å². The van der Waals surface area contributed by atoms with E-state index in [4.69, 9.17) is 5.73 Å². The Morgan fingerprint density at radius 3 is 2.35 bits per heavy atom. The molecule has 0 aliphatic carbocycles. The van der Waals surface area contributed by atoms with Crippen LogP contribution in [-0.2, 0) is 21.2 Å². The minimum absolute atomic E-state index is 0.0269. The van der Waals surface area contributed by atoms with Crippen LogP contribution in [0.15, 0.2) is 53.6 Å². The van der Waals surface area contributed by atoms with Gasteiger partial charge in [0.1, 0.15) is 10.7 Å². The van der Waals surface area contributed by atoms with E-state index in [0.717, 1.165) is 5.56 Å². The topological polar surface area (TPSA) is 114 Å². The standard InChI is InChI=1S/C18H24N4O3S/c1-18(2,3)22-26(24,25)14-9-10-16(20-12-14)21-17(23)15(19)11-13-7-5-4-6-8-13/h4-10,12,15,22H,11,19H2,1-3H3,(H,20,21,23). The fourth-order valence-electron chi connectivity index (χ4n) is 2.25. The van der Waals surface area contributed by atoms with Crippen LogP contribution in [-0.4, -0.2) is 30.9 Å². The molecule has 7 nitrogen and oxygen atoms in total. The van der Waals surface area contributed by atoms with E-state index in [9.17, 15) is 13.2 Å². The normalized spacial score (nSPS) is 13.2. The van der Waals surface area contributed by atoms with E-state index in [0.29, 0.717) is 6.42 Å². The van der Waals surface area contributed by atoms with Crippen LogP contribution in [0.1, 0.15) is 26.3 Å². The lowest BCUT2D eigenvalue weighted by Gasteiger charge is -2.20. The number of hydrogen-bond acceptors (Lipinski definition) is 5. The predicted molar refractivity (Wildman–Crippen MR) is 101 cm³/mol. The third-order valence-electron chi connectivity index (χ3n) is 3.37. The van der Waals surface area contributed by atoms with Gasteiger partial charge in [-0.2, -0.15) is 0 Å². The minimum Gasteiger partial charge on any atom is -0.320 e. The first-order valence-corrected chi connectivity index (χ1v) is 9.65. The van der Waals surface area contributed by atoms with Crippen LogP contribution in [0.4, 0.5) is 5.82 Å². The Bertz CT molecular complexity index is 844. The van der Waals surface area contributed by atoms with E-state index < -0.39 is 21.6 Å². The van der Waals surface area contributed by atoms with Gasteiger partial charge in [0.15, 0.2) is 0 Å². The third-order valence-corrected chi connectivity index (χ3v) is 5.12. The number of nitrogens with two attached hydrogens (primary N) is 1. The maximum absolute atomic E-state index is 12.2. The first kappa shape index (κ1) is 20.0. The van der Waals surface area contributed by atoms with Gasteiger partial charge in [0.25, 0.3) is 0 Å². The molecule has 26 heavy (non-hydrogen) atoms. The minimum atomic E-state index is -3.67. The Morgan fingerprint density at radius 2 is 1.81 bits per heavy atom. The molecule has 0 radical (unpaired) electrons. The molecule has 0 spiro atoms. The van der Waals surface area contributed by atoms with Gasteiger partial charge in [0, 0.05) is 11.7 Å². The molecule has 2 rings (SSSR count). The summed E-state index contributed by atoms with van der Waals surface area (Å²) in [6.07, 6.45) is 1.60. The van der Waals surface area contributed by atoms with Gasteiger partial charge >= 0.3 is 0 Å². The van der Waals surface area contributed by atoms with Crippen molar-refractivity contribution in [3.63, 3.8) is 0 Å². The lowest BCUT2D eigenvalue weighted by molar-refractivity contribution is -0.117. The van der Waals surface area contributed by atoms with E-state index in [1.165, 1.54) is 18.3 Å². The molecular formula is C18H24N4O3S. The zero-order valence-electron chi connectivity index (χ0n) is 15.1. The second-order valence-electron chi connectivity index (χ2n) is 7.02. The molecule has 0 aliphatic heterocycles. The Kier molecular flexibility index (Phi) is 6.12. The average molecular weight is 376 g/mol. The van der Waals surface area contributed by atoms with Gasteiger partial charge in [-0.1, -0.05) is 30.3 Å². The Morgan fingerprint density at radius 1 is 1.15 bits per heavy atom. The fraction of sp³-hybridized carbons (Fsp3) is 0.333. The lowest BCUT2D eigenvalue weighted by atomic mass is 10.1. The molecule has 0 aliphatic rings. The first-order valence-electron chi connectivity index (χ1n) is 8.17. The molecular weight excluding hydrogens is 352 g/mol. The van der Waals surface area contributed by atoms with Crippen molar-refractivity contribution in [3.05, 3.63) is 54.2 Å². The molecule has 0 fully saturated rings. The monoisotopic (exact) mass is 376 g/mol. The maximum atomic E-state index is 12.2. The van der Waals surface area contributed by atoms with Gasteiger partial charge in [0.05, 0.1) is 6.04 Å². The number of hydrogen-bond donors (Lipinski definition) is 3. The van der Waals surface area contributed by atoms with E-state index in [-0.39, 0.29) is 16.6 Å². The summed E-state index contributed by atoms with van der Waals surface area (Å²) >= 11 is 0.